The molecule has 1 aromatic heterocycles. The van der Waals surface area contributed by atoms with Crippen LogP contribution in [0.5, 0.6) is 0 Å². The van der Waals surface area contributed by atoms with Crippen molar-refractivity contribution in [3.8, 4) is 11.3 Å². The maximum atomic E-state index is 13.8. The Balaban J connectivity index is 1.95. The Morgan fingerprint density at radius 3 is 2.64 bits per heavy atom. The quantitative estimate of drug-likeness (QED) is 0.729. The summed E-state index contributed by atoms with van der Waals surface area (Å²) in [4.78, 5) is 0.117. The minimum atomic E-state index is -3.86. The van der Waals surface area contributed by atoms with E-state index in [9.17, 15) is 12.8 Å². The molecule has 0 amide bonds. The second kappa shape index (κ2) is 5.57. The summed E-state index contributed by atoms with van der Waals surface area (Å²) in [7, 11) is -3.86. The largest absolute Gasteiger partial charge is 0.277 e. The maximum absolute atomic E-state index is 13.8. The Bertz CT molecular complexity index is 1060. The van der Waals surface area contributed by atoms with E-state index in [-0.39, 0.29) is 4.90 Å². The molecule has 8 heteroatoms. The van der Waals surface area contributed by atoms with E-state index in [4.69, 9.17) is 11.6 Å². The molecule has 0 unspecified atom stereocenters. The van der Waals surface area contributed by atoms with Crippen LogP contribution in [0.25, 0.3) is 11.3 Å². The molecule has 1 aliphatic heterocycles. The van der Waals surface area contributed by atoms with Gasteiger partial charge in [0.1, 0.15) is 5.82 Å². The van der Waals surface area contributed by atoms with Crippen molar-refractivity contribution in [1.82, 2.24) is 10.2 Å². The Labute approximate surface area is 149 Å². The van der Waals surface area contributed by atoms with Gasteiger partial charge >= 0.3 is 0 Å². The lowest BCUT2D eigenvalue weighted by molar-refractivity contribution is 0.581. The molecule has 2 aromatic carbocycles. The molecule has 3 aromatic rings. The summed E-state index contributed by atoms with van der Waals surface area (Å²) in [6.45, 7) is 1.77. The number of aromatic nitrogens is 2. The van der Waals surface area contributed by atoms with Crippen LogP contribution in [0.4, 0.5) is 10.1 Å². The van der Waals surface area contributed by atoms with Crippen LogP contribution in [-0.4, -0.2) is 18.6 Å². The summed E-state index contributed by atoms with van der Waals surface area (Å²) < 4.78 is 41.6. The number of halogens is 2. The van der Waals surface area contributed by atoms with Gasteiger partial charge in [-0.05, 0) is 49.4 Å². The van der Waals surface area contributed by atoms with E-state index in [1.165, 1.54) is 46.8 Å². The molecule has 0 saturated carbocycles. The summed E-state index contributed by atoms with van der Waals surface area (Å²) >= 11 is 5.86. The molecular formula is C17H13ClFN3O2S. The molecule has 1 aliphatic rings. The highest BCUT2D eigenvalue weighted by Gasteiger charge is 2.38. The summed E-state index contributed by atoms with van der Waals surface area (Å²) in [5.74, 6) is -0.447. The molecule has 0 aliphatic carbocycles. The summed E-state index contributed by atoms with van der Waals surface area (Å²) in [5.41, 5.74) is 2.18. The number of anilines is 1. The van der Waals surface area contributed by atoms with Crippen molar-refractivity contribution in [3.05, 3.63) is 65.1 Å². The first kappa shape index (κ1) is 16.1. The third-order valence-electron chi connectivity index (χ3n) is 4.31. The molecular weight excluding hydrogens is 365 g/mol. The van der Waals surface area contributed by atoms with Crippen LogP contribution in [0.2, 0.25) is 5.02 Å². The number of fused-ring (bicyclic) bond motifs is 3. The van der Waals surface area contributed by atoms with Crippen molar-refractivity contribution in [2.45, 2.75) is 17.9 Å². The average molecular weight is 378 g/mol. The number of hydrogen-bond donors (Lipinski definition) is 1. The van der Waals surface area contributed by atoms with Crippen molar-refractivity contribution in [2.75, 3.05) is 4.31 Å². The van der Waals surface area contributed by atoms with Crippen molar-refractivity contribution in [3.63, 3.8) is 0 Å². The lowest BCUT2D eigenvalue weighted by Crippen LogP contribution is -2.36. The first-order valence-corrected chi connectivity index (χ1v) is 9.34. The van der Waals surface area contributed by atoms with Crippen LogP contribution in [-0.2, 0) is 10.0 Å². The van der Waals surface area contributed by atoms with E-state index >= 15 is 0 Å². The minimum absolute atomic E-state index is 0.117. The molecule has 0 bridgehead atoms. The number of H-pyrrole nitrogens is 1. The number of sulfonamides is 1. The fourth-order valence-electron chi connectivity index (χ4n) is 3.12. The van der Waals surface area contributed by atoms with E-state index in [1.807, 2.05) is 0 Å². The van der Waals surface area contributed by atoms with E-state index < -0.39 is 21.9 Å². The summed E-state index contributed by atoms with van der Waals surface area (Å²) in [6.07, 6.45) is 1.57. The van der Waals surface area contributed by atoms with Gasteiger partial charge in [-0.25, -0.2) is 12.8 Å². The monoisotopic (exact) mass is 377 g/mol. The molecule has 4 rings (SSSR count). The number of rotatable bonds is 2. The number of aromatic amines is 1. The lowest BCUT2D eigenvalue weighted by Gasteiger charge is -2.35. The van der Waals surface area contributed by atoms with Crippen molar-refractivity contribution >= 4 is 27.3 Å². The van der Waals surface area contributed by atoms with Crippen LogP contribution in [0.3, 0.4) is 0 Å². The average Bonchev–Trinajstić information content (AvgIpc) is 3.06. The molecule has 1 N–H and O–H groups in total. The second-order valence-electron chi connectivity index (χ2n) is 5.79. The fourth-order valence-corrected chi connectivity index (χ4v) is 4.90. The van der Waals surface area contributed by atoms with Gasteiger partial charge in [0.2, 0.25) is 0 Å². The molecule has 0 radical (unpaired) electrons. The van der Waals surface area contributed by atoms with Gasteiger partial charge in [-0.1, -0.05) is 11.6 Å². The molecule has 0 saturated heterocycles. The Morgan fingerprint density at radius 2 is 1.92 bits per heavy atom. The first-order chi connectivity index (χ1) is 11.9. The number of benzene rings is 2. The van der Waals surface area contributed by atoms with Crippen LogP contribution >= 0.6 is 11.6 Å². The smallest absolute Gasteiger partial charge is 0.264 e. The molecule has 1 atom stereocenters. The highest BCUT2D eigenvalue weighted by molar-refractivity contribution is 7.92. The highest BCUT2D eigenvalue weighted by Crippen LogP contribution is 2.46. The molecule has 0 spiro atoms. The minimum Gasteiger partial charge on any atom is -0.277 e. The molecule has 5 nitrogen and oxygen atoms in total. The second-order valence-corrected chi connectivity index (χ2v) is 8.04. The predicted molar refractivity (Wildman–Crippen MR) is 93.5 cm³/mol. The van der Waals surface area contributed by atoms with Crippen molar-refractivity contribution in [2.24, 2.45) is 0 Å². The Kier molecular flexibility index (Phi) is 3.59. The van der Waals surface area contributed by atoms with Crippen LogP contribution in [0.15, 0.2) is 53.6 Å². The van der Waals surface area contributed by atoms with E-state index in [2.05, 4.69) is 10.2 Å². The predicted octanol–water partition coefficient (Wildman–Crippen LogP) is 4.14. The fraction of sp³-hybridized carbons (Fsp3) is 0.118. The van der Waals surface area contributed by atoms with Gasteiger partial charge in [-0.15, -0.1) is 0 Å². The van der Waals surface area contributed by atoms with Gasteiger partial charge in [0.05, 0.1) is 28.5 Å². The lowest BCUT2D eigenvalue weighted by atomic mass is 9.97. The number of nitrogens with zero attached hydrogens (tertiary/aromatic N) is 2. The Hall–Kier alpha value is -2.38. The number of hydrogen-bond acceptors (Lipinski definition) is 3. The van der Waals surface area contributed by atoms with Crippen LogP contribution in [0, 0.1) is 5.82 Å². The summed E-state index contributed by atoms with van der Waals surface area (Å²) in [5, 5.41) is 7.28. The van der Waals surface area contributed by atoms with E-state index in [0.717, 1.165) is 0 Å². The zero-order valence-corrected chi connectivity index (χ0v) is 14.6. The van der Waals surface area contributed by atoms with Gasteiger partial charge < -0.3 is 0 Å². The van der Waals surface area contributed by atoms with Crippen LogP contribution in [0.1, 0.15) is 18.5 Å². The van der Waals surface area contributed by atoms with Crippen LogP contribution < -0.4 is 4.31 Å². The molecule has 2 heterocycles. The third kappa shape index (κ3) is 2.42. The van der Waals surface area contributed by atoms with Gasteiger partial charge in [0.15, 0.2) is 0 Å². The highest BCUT2D eigenvalue weighted by atomic mass is 35.5. The van der Waals surface area contributed by atoms with Gasteiger partial charge in [0.25, 0.3) is 10.0 Å². The molecule has 0 fully saturated rings. The van der Waals surface area contributed by atoms with E-state index in [0.29, 0.717) is 27.5 Å². The van der Waals surface area contributed by atoms with Gasteiger partial charge in [0, 0.05) is 16.1 Å². The third-order valence-corrected chi connectivity index (χ3v) is 6.46. The molecule has 25 heavy (non-hydrogen) atoms. The van der Waals surface area contributed by atoms with Gasteiger partial charge in [-0.3, -0.25) is 9.40 Å². The maximum Gasteiger partial charge on any atom is 0.264 e. The first-order valence-electron chi connectivity index (χ1n) is 7.53. The Morgan fingerprint density at radius 1 is 1.20 bits per heavy atom. The van der Waals surface area contributed by atoms with Crippen molar-refractivity contribution in [1.29, 1.82) is 0 Å². The van der Waals surface area contributed by atoms with Gasteiger partial charge in [-0.2, -0.15) is 5.10 Å². The zero-order valence-electron chi connectivity index (χ0n) is 13.1. The standard InChI is InChI=1S/C17H13ClFN3O2S/c1-10-15-9-20-21-17(15)14-8-12(19)4-7-16(14)22(10)25(23,24)13-5-2-11(18)3-6-13/h2-10H,1H3,(H,20,21)/t10-/m1/s1. The van der Waals surface area contributed by atoms with E-state index in [1.54, 1.807) is 13.1 Å². The van der Waals surface area contributed by atoms with Crippen molar-refractivity contribution < 1.29 is 12.8 Å². The topological polar surface area (TPSA) is 66.1 Å². The SMILES string of the molecule is C[C@@H]1c2cn[nH]c2-c2cc(F)ccc2N1S(=O)(=O)c1ccc(Cl)cc1. The summed E-state index contributed by atoms with van der Waals surface area (Å²) in [6, 6.07) is 9.50. The zero-order chi connectivity index (χ0) is 17.8. The number of nitrogens with one attached hydrogen (secondary N) is 1. The normalized spacial score (nSPS) is 16.4. The molecule has 128 valence electrons.